The van der Waals surface area contributed by atoms with E-state index in [9.17, 15) is 9.18 Å². The standard InChI is InChI=1S/C14H11FN2OS/c15-12-3-1-2-10(8-12)14(18)17-6-4-13(16-17)11-5-7-19-9-11/h1-3,5,7-9H,4,6H2. The Labute approximate surface area is 114 Å². The molecule has 5 heteroatoms. The van der Waals surface area contributed by atoms with Gasteiger partial charge in [0.1, 0.15) is 5.82 Å². The fourth-order valence-electron chi connectivity index (χ4n) is 2.01. The lowest BCUT2D eigenvalue weighted by atomic mass is 10.1. The molecule has 0 unspecified atom stereocenters. The Hall–Kier alpha value is -2.01. The van der Waals surface area contributed by atoms with Crippen LogP contribution < -0.4 is 0 Å². The molecule has 1 aromatic heterocycles. The molecule has 3 rings (SSSR count). The minimum absolute atomic E-state index is 0.260. The van der Waals surface area contributed by atoms with Crippen LogP contribution in [0, 0.1) is 5.82 Å². The number of amides is 1. The molecule has 1 aromatic carbocycles. The largest absolute Gasteiger partial charge is 0.274 e. The van der Waals surface area contributed by atoms with Gasteiger partial charge in [-0.3, -0.25) is 4.79 Å². The molecule has 1 aliphatic rings. The molecular weight excluding hydrogens is 263 g/mol. The first-order valence-electron chi connectivity index (χ1n) is 5.91. The second-order valence-corrected chi connectivity index (χ2v) is 5.03. The molecule has 0 spiro atoms. The van der Waals surface area contributed by atoms with E-state index >= 15 is 0 Å². The Bertz CT molecular complexity index is 637. The summed E-state index contributed by atoms with van der Waals surface area (Å²) in [6.07, 6.45) is 0.734. The van der Waals surface area contributed by atoms with Crippen molar-refractivity contribution in [1.29, 1.82) is 0 Å². The molecule has 0 aliphatic carbocycles. The van der Waals surface area contributed by atoms with Gasteiger partial charge in [0.05, 0.1) is 12.3 Å². The summed E-state index contributed by atoms with van der Waals surface area (Å²) in [6, 6.07) is 7.67. The summed E-state index contributed by atoms with van der Waals surface area (Å²) in [4.78, 5) is 12.2. The van der Waals surface area contributed by atoms with Gasteiger partial charge >= 0.3 is 0 Å². The van der Waals surface area contributed by atoms with Gasteiger partial charge in [-0.05, 0) is 35.0 Å². The maximum atomic E-state index is 13.1. The molecule has 0 fully saturated rings. The van der Waals surface area contributed by atoms with E-state index in [1.165, 1.54) is 23.2 Å². The van der Waals surface area contributed by atoms with Gasteiger partial charge in [-0.15, -0.1) is 0 Å². The predicted molar refractivity (Wildman–Crippen MR) is 72.9 cm³/mol. The quantitative estimate of drug-likeness (QED) is 0.828. The Morgan fingerprint density at radius 1 is 1.37 bits per heavy atom. The summed E-state index contributed by atoms with van der Waals surface area (Å²) in [6.45, 7) is 0.542. The molecule has 0 saturated carbocycles. The summed E-state index contributed by atoms with van der Waals surface area (Å²) < 4.78 is 13.1. The molecule has 0 bridgehead atoms. The van der Waals surface area contributed by atoms with Crippen molar-refractivity contribution >= 4 is 23.0 Å². The molecule has 0 atom stereocenters. The summed E-state index contributed by atoms with van der Waals surface area (Å²) in [5.74, 6) is -0.670. The lowest BCUT2D eigenvalue weighted by molar-refractivity contribution is 0.0778. The number of nitrogens with zero attached hydrogens (tertiary/aromatic N) is 2. The van der Waals surface area contributed by atoms with E-state index in [0.29, 0.717) is 12.1 Å². The van der Waals surface area contributed by atoms with Crippen molar-refractivity contribution in [1.82, 2.24) is 5.01 Å². The van der Waals surface area contributed by atoms with Crippen LogP contribution in [0.25, 0.3) is 0 Å². The normalized spacial score (nSPS) is 14.6. The predicted octanol–water partition coefficient (Wildman–Crippen LogP) is 3.14. The maximum Gasteiger partial charge on any atom is 0.274 e. The van der Waals surface area contributed by atoms with Crippen LogP contribution in [0.3, 0.4) is 0 Å². The van der Waals surface area contributed by atoms with Gasteiger partial charge in [0, 0.05) is 17.5 Å². The summed E-state index contributed by atoms with van der Waals surface area (Å²) in [5, 5.41) is 9.72. The third kappa shape index (κ3) is 2.42. The van der Waals surface area contributed by atoms with Crippen molar-refractivity contribution in [3.05, 3.63) is 58.0 Å². The highest BCUT2D eigenvalue weighted by molar-refractivity contribution is 7.08. The van der Waals surface area contributed by atoms with E-state index in [2.05, 4.69) is 5.10 Å². The summed E-state index contributed by atoms with van der Waals surface area (Å²) >= 11 is 1.60. The van der Waals surface area contributed by atoms with Gasteiger partial charge in [0.25, 0.3) is 5.91 Å². The molecule has 3 nitrogen and oxygen atoms in total. The number of benzene rings is 1. The molecule has 2 heterocycles. The molecule has 1 aliphatic heterocycles. The number of hydrazone groups is 1. The van der Waals surface area contributed by atoms with Crippen LogP contribution in [0.4, 0.5) is 4.39 Å². The Kier molecular flexibility index (Phi) is 3.13. The van der Waals surface area contributed by atoms with Gasteiger partial charge in [0.15, 0.2) is 0 Å². The first kappa shape index (κ1) is 12.0. The maximum absolute atomic E-state index is 13.1. The minimum Gasteiger partial charge on any atom is -0.267 e. The van der Waals surface area contributed by atoms with E-state index in [-0.39, 0.29) is 5.91 Å². The number of hydrogen-bond donors (Lipinski definition) is 0. The number of halogens is 1. The highest BCUT2D eigenvalue weighted by Gasteiger charge is 2.22. The van der Waals surface area contributed by atoms with Crippen LogP contribution in [0.5, 0.6) is 0 Å². The van der Waals surface area contributed by atoms with E-state index < -0.39 is 5.82 Å². The molecule has 1 amide bonds. The second-order valence-electron chi connectivity index (χ2n) is 4.25. The van der Waals surface area contributed by atoms with Crippen molar-refractivity contribution in [2.45, 2.75) is 6.42 Å². The second kappa shape index (κ2) is 4.93. The monoisotopic (exact) mass is 274 g/mol. The average molecular weight is 274 g/mol. The third-order valence-corrected chi connectivity index (χ3v) is 3.65. The topological polar surface area (TPSA) is 32.7 Å². The number of carbonyl (C=O) groups is 1. The van der Waals surface area contributed by atoms with Crippen molar-refractivity contribution < 1.29 is 9.18 Å². The van der Waals surface area contributed by atoms with Crippen LogP contribution in [-0.4, -0.2) is 23.2 Å². The van der Waals surface area contributed by atoms with Crippen molar-refractivity contribution in [2.24, 2.45) is 5.10 Å². The van der Waals surface area contributed by atoms with E-state index in [1.807, 2.05) is 16.8 Å². The molecule has 0 N–H and O–H groups in total. The van der Waals surface area contributed by atoms with Gasteiger partial charge in [-0.25, -0.2) is 9.40 Å². The highest BCUT2D eigenvalue weighted by atomic mass is 32.1. The minimum atomic E-state index is -0.410. The van der Waals surface area contributed by atoms with Crippen LogP contribution in [0.1, 0.15) is 22.3 Å². The number of hydrogen-bond acceptors (Lipinski definition) is 3. The first-order valence-corrected chi connectivity index (χ1v) is 6.86. The Morgan fingerprint density at radius 2 is 2.26 bits per heavy atom. The zero-order chi connectivity index (χ0) is 13.2. The van der Waals surface area contributed by atoms with E-state index in [4.69, 9.17) is 0 Å². The summed E-state index contributed by atoms with van der Waals surface area (Å²) in [5.41, 5.74) is 2.29. The van der Waals surface area contributed by atoms with Crippen LogP contribution in [0.15, 0.2) is 46.2 Å². The Balaban J connectivity index is 1.83. The van der Waals surface area contributed by atoms with Crippen molar-refractivity contribution in [3.63, 3.8) is 0 Å². The smallest absolute Gasteiger partial charge is 0.267 e. The van der Waals surface area contributed by atoms with Crippen LogP contribution in [-0.2, 0) is 0 Å². The van der Waals surface area contributed by atoms with Gasteiger partial charge < -0.3 is 0 Å². The molecule has 19 heavy (non-hydrogen) atoms. The van der Waals surface area contributed by atoms with Crippen LogP contribution in [0.2, 0.25) is 0 Å². The van der Waals surface area contributed by atoms with Gasteiger partial charge in [-0.1, -0.05) is 6.07 Å². The van der Waals surface area contributed by atoms with Crippen molar-refractivity contribution in [3.8, 4) is 0 Å². The third-order valence-electron chi connectivity index (χ3n) is 2.96. The first-order chi connectivity index (χ1) is 9.24. The molecule has 2 aromatic rings. The number of carbonyl (C=O) groups excluding carboxylic acids is 1. The number of thiophene rings is 1. The average Bonchev–Trinajstić information content (AvgIpc) is 3.08. The SMILES string of the molecule is O=C(c1cccc(F)c1)N1CCC(c2ccsc2)=N1. The molecule has 0 saturated heterocycles. The van der Waals surface area contributed by atoms with Crippen LogP contribution >= 0.6 is 11.3 Å². The summed E-state index contributed by atoms with van der Waals surface area (Å²) in [7, 11) is 0. The molecule has 96 valence electrons. The zero-order valence-corrected chi connectivity index (χ0v) is 10.9. The highest BCUT2D eigenvalue weighted by Crippen LogP contribution is 2.18. The Morgan fingerprint density at radius 3 is 3.00 bits per heavy atom. The molecule has 0 radical (unpaired) electrons. The zero-order valence-electron chi connectivity index (χ0n) is 10.0. The van der Waals surface area contributed by atoms with Crippen molar-refractivity contribution in [2.75, 3.05) is 6.54 Å². The fourth-order valence-corrected chi connectivity index (χ4v) is 2.67. The van der Waals surface area contributed by atoms with Gasteiger partial charge in [-0.2, -0.15) is 16.4 Å². The fraction of sp³-hybridized carbons (Fsp3) is 0.143. The van der Waals surface area contributed by atoms with E-state index in [0.717, 1.165) is 17.7 Å². The van der Waals surface area contributed by atoms with Gasteiger partial charge in [0.2, 0.25) is 0 Å². The lowest BCUT2D eigenvalue weighted by Crippen LogP contribution is -2.23. The number of rotatable bonds is 2. The molecular formula is C14H11FN2OS. The van der Waals surface area contributed by atoms with E-state index in [1.54, 1.807) is 17.4 Å². The lowest BCUT2D eigenvalue weighted by Gasteiger charge is -2.11.